The second kappa shape index (κ2) is 19.3. The molecule has 0 atom stereocenters. The van der Waals surface area contributed by atoms with Gasteiger partial charge in [-0.1, -0.05) is 65.4 Å². The molecule has 9 heteroatoms. The summed E-state index contributed by atoms with van der Waals surface area (Å²) in [4.78, 5) is 8.70. The molecule has 23 heavy (non-hydrogen) atoms. The summed E-state index contributed by atoms with van der Waals surface area (Å²) in [6.07, 6.45) is 10.6. The topological polar surface area (TPSA) is 83.1 Å². The standard InChI is InChI=1S/C14H28O9/c1-4-15-17-19-21-23-22-20-18-16-13-11-9-7-5-6-8-10-12-14(2)3/h4,14H,1,5-13H2,2-3H3. The first-order valence-corrected chi connectivity index (χ1v) is 7.83. The van der Waals surface area contributed by atoms with Crippen molar-refractivity contribution in [3.05, 3.63) is 12.8 Å². The Bertz CT molecular complexity index is 238. The lowest BCUT2D eigenvalue weighted by molar-refractivity contribution is -0.829. The predicted octanol–water partition coefficient (Wildman–Crippen LogP) is 4.38. The lowest BCUT2D eigenvalue weighted by Crippen LogP contribution is -2.02. The Hall–Kier alpha value is -0.780. The van der Waals surface area contributed by atoms with Crippen LogP contribution in [-0.2, 0) is 45.0 Å². The molecule has 0 aromatic carbocycles. The molecule has 0 rings (SSSR count). The fourth-order valence-corrected chi connectivity index (χ4v) is 1.75. The van der Waals surface area contributed by atoms with Gasteiger partial charge in [0, 0.05) is 20.2 Å². The van der Waals surface area contributed by atoms with Crippen LogP contribution in [0, 0.1) is 5.92 Å². The van der Waals surface area contributed by atoms with E-state index in [0.717, 1.165) is 25.0 Å². The molecule has 0 bridgehead atoms. The van der Waals surface area contributed by atoms with Gasteiger partial charge < -0.3 is 4.89 Å². The molecule has 0 saturated carbocycles. The largest absolute Gasteiger partial charge is 0.315 e. The molecule has 0 aromatic rings. The summed E-state index contributed by atoms with van der Waals surface area (Å²) >= 11 is 0. The van der Waals surface area contributed by atoms with Crippen LogP contribution in [0.25, 0.3) is 0 Å². The Morgan fingerprint density at radius 3 is 1.83 bits per heavy atom. The third kappa shape index (κ3) is 21.2. The van der Waals surface area contributed by atoms with Crippen LogP contribution >= 0.6 is 0 Å². The van der Waals surface area contributed by atoms with E-state index in [-0.39, 0.29) is 0 Å². The van der Waals surface area contributed by atoms with Crippen molar-refractivity contribution in [1.29, 1.82) is 0 Å². The van der Waals surface area contributed by atoms with Crippen LogP contribution < -0.4 is 0 Å². The first kappa shape index (κ1) is 22.2. The monoisotopic (exact) mass is 340 g/mol. The van der Waals surface area contributed by atoms with Crippen LogP contribution in [-0.4, -0.2) is 6.61 Å². The smallest absolute Gasteiger partial charge is 0.125 e. The second-order valence-corrected chi connectivity index (χ2v) is 5.22. The Labute approximate surface area is 136 Å². The van der Waals surface area contributed by atoms with Gasteiger partial charge in [-0.05, 0) is 27.5 Å². The quantitative estimate of drug-likeness (QED) is 0.147. The third-order valence-electron chi connectivity index (χ3n) is 2.83. The molecule has 9 nitrogen and oxygen atoms in total. The van der Waals surface area contributed by atoms with Gasteiger partial charge in [0.15, 0.2) is 0 Å². The van der Waals surface area contributed by atoms with Crippen LogP contribution in [0.15, 0.2) is 12.8 Å². The molecule has 0 aliphatic heterocycles. The normalized spacial score (nSPS) is 11.1. The van der Waals surface area contributed by atoms with E-state index in [1.807, 2.05) is 0 Å². The molecule has 0 N–H and O–H groups in total. The van der Waals surface area contributed by atoms with E-state index in [1.165, 1.54) is 38.5 Å². The summed E-state index contributed by atoms with van der Waals surface area (Å²) in [6.45, 7) is 8.06. The average molecular weight is 340 g/mol. The molecule has 0 unspecified atom stereocenters. The maximum absolute atomic E-state index is 4.66. The first-order valence-electron chi connectivity index (χ1n) is 7.83. The lowest BCUT2D eigenvalue weighted by atomic mass is 10.0. The highest BCUT2D eigenvalue weighted by Crippen LogP contribution is 2.11. The Morgan fingerprint density at radius 1 is 0.696 bits per heavy atom. The molecule has 0 aliphatic carbocycles. The highest BCUT2D eigenvalue weighted by atomic mass is 17.9. The van der Waals surface area contributed by atoms with E-state index in [4.69, 9.17) is 0 Å². The first-order chi connectivity index (χ1) is 11.3. The van der Waals surface area contributed by atoms with Gasteiger partial charge in [-0.3, -0.25) is 0 Å². The van der Waals surface area contributed by atoms with Crippen LogP contribution in [0.3, 0.4) is 0 Å². The summed E-state index contributed by atoms with van der Waals surface area (Å²) in [7, 11) is 0. The highest BCUT2D eigenvalue weighted by molar-refractivity contribution is 4.49. The minimum absolute atomic E-state index is 0.379. The molecular formula is C14H28O9. The summed E-state index contributed by atoms with van der Waals surface area (Å²) in [5, 5.41) is 27.2. The van der Waals surface area contributed by atoms with E-state index in [9.17, 15) is 0 Å². The fourth-order valence-electron chi connectivity index (χ4n) is 1.75. The van der Waals surface area contributed by atoms with Crippen molar-refractivity contribution in [2.45, 2.75) is 65.2 Å². The highest BCUT2D eigenvalue weighted by Gasteiger charge is 1.97. The van der Waals surface area contributed by atoms with Gasteiger partial charge in [0.2, 0.25) is 0 Å². The molecule has 138 valence electrons. The van der Waals surface area contributed by atoms with Crippen molar-refractivity contribution in [1.82, 2.24) is 0 Å². The zero-order valence-electron chi connectivity index (χ0n) is 13.9. The minimum Gasteiger partial charge on any atom is -0.315 e. The van der Waals surface area contributed by atoms with Crippen molar-refractivity contribution in [2.75, 3.05) is 6.61 Å². The molecule has 0 fully saturated rings. The van der Waals surface area contributed by atoms with E-state index in [2.05, 4.69) is 65.5 Å². The summed E-state index contributed by atoms with van der Waals surface area (Å²) < 4.78 is 0. The van der Waals surface area contributed by atoms with Crippen molar-refractivity contribution in [3.63, 3.8) is 0 Å². The van der Waals surface area contributed by atoms with Gasteiger partial charge in [0.1, 0.15) is 6.26 Å². The molecule has 0 heterocycles. The van der Waals surface area contributed by atoms with E-state index in [1.54, 1.807) is 0 Å². The molecule has 0 aromatic heterocycles. The summed E-state index contributed by atoms with van der Waals surface area (Å²) in [5.74, 6) is 0.808. The Kier molecular flexibility index (Phi) is 18.6. The van der Waals surface area contributed by atoms with Gasteiger partial charge in [0.25, 0.3) is 0 Å². The molecule has 0 aliphatic rings. The number of hydrogen-bond donors (Lipinski definition) is 0. The van der Waals surface area contributed by atoms with E-state index >= 15 is 0 Å². The SMILES string of the molecule is C=COOOOOOOOOCCCCCCCCCC(C)C. The Morgan fingerprint density at radius 2 is 1.22 bits per heavy atom. The molecule has 0 saturated heterocycles. The van der Waals surface area contributed by atoms with Gasteiger partial charge in [0.05, 0.1) is 6.61 Å². The van der Waals surface area contributed by atoms with Crippen molar-refractivity contribution >= 4 is 0 Å². The summed E-state index contributed by atoms with van der Waals surface area (Å²) in [5.41, 5.74) is 0. The molecule has 0 amide bonds. The summed E-state index contributed by atoms with van der Waals surface area (Å²) in [6, 6.07) is 0. The van der Waals surface area contributed by atoms with Crippen LogP contribution in [0.5, 0.6) is 0 Å². The zero-order valence-corrected chi connectivity index (χ0v) is 13.9. The van der Waals surface area contributed by atoms with Gasteiger partial charge in [-0.2, -0.15) is 0 Å². The fraction of sp³-hybridized carbons (Fsp3) is 0.857. The maximum atomic E-state index is 4.66. The van der Waals surface area contributed by atoms with E-state index < -0.39 is 0 Å². The number of unbranched alkanes of at least 4 members (excludes halogenated alkanes) is 6. The van der Waals surface area contributed by atoms with Gasteiger partial charge in [-0.25, -0.2) is 4.89 Å². The number of rotatable bonds is 19. The average Bonchev–Trinajstić information content (AvgIpc) is 2.53. The van der Waals surface area contributed by atoms with Crippen molar-refractivity contribution < 1.29 is 45.0 Å². The number of hydrogen-bond acceptors (Lipinski definition) is 9. The van der Waals surface area contributed by atoms with E-state index in [0.29, 0.717) is 6.61 Å². The van der Waals surface area contributed by atoms with Crippen LogP contribution in [0.4, 0.5) is 0 Å². The van der Waals surface area contributed by atoms with Crippen LogP contribution in [0.2, 0.25) is 0 Å². The lowest BCUT2D eigenvalue weighted by Gasteiger charge is -2.04. The van der Waals surface area contributed by atoms with Crippen molar-refractivity contribution in [2.24, 2.45) is 5.92 Å². The predicted molar refractivity (Wildman–Crippen MR) is 76.6 cm³/mol. The third-order valence-corrected chi connectivity index (χ3v) is 2.83. The van der Waals surface area contributed by atoms with Gasteiger partial charge in [-0.15, -0.1) is 0 Å². The van der Waals surface area contributed by atoms with Gasteiger partial charge >= 0.3 is 0 Å². The molecule has 0 spiro atoms. The maximum Gasteiger partial charge on any atom is 0.125 e. The van der Waals surface area contributed by atoms with Crippen molar-refractivity contribution in [3.8, 4) is 0 Å². The second-order valence-electron chi connectivity index (χ2n) is 5.22. The minimum atomic E-state index is 0.379. The Balaban J connectivity index is 2.96. The molecular weight excluding hydrogens is 312 g/mol. The molecule has 0 radical (unpaired) electrons. The van der Waals surface area contributed by atoms with Crippen LogP contribution in [0.1, 0.15) is 65.2 Å². The zero-order chi connectivity index (χ0) is 17.0.